The fourth-order valence-electron chi connectivity index (χ4n) is 4.41. The lowest BCUT2D eigenvalue weighted by atomic mass is 10.1. The second-order valence-corrected chi connectivity index (χ2v) is 9.15. The molecule has 2 bridgehead atoms. The van der Waals surface area contributed by atoms with Gasteiger partial charge in [0.05, 0.1) is 6.42 Å². The monoisotopic (exact) mass is 387 g/mol. The van der Waals surface area contributed by atoms with Gasteiger partial charge in [0.2, 0.25) is 11.9 Å². The molecule has 2 atom stereocenters. The summed E-state index contributed by atoms with van der Waals surface area (Å²) in [5.41, 5.74) is 0.886. The van der Waals surface area contributed by atoms with Crippen molar-refractivity contribution in [3.05, 3.63) is 18.0 Å². The minimum absolute atomic E-state index is 0.0616. The number of hydrogen-bond acceptors (Lipinski definition) is 5. The molecule has 2 fully saturated rings. The van der Waals surface area contributed by atoms with Crippen LogP contribution in [-0.2, 0) is 11.2 Å². The Balaban J connectivity index is 1.47. The molecule has 0 saturated carbocycles. The largest absolute Gasteiger partial charge is 0.356 e. The first kappa shape index (κ1) is 21.0. The molecule has 156 valence electrons. The van der Waals surface area contributed by atoms with Gasteiger partial charge in [0, 0.05) is 50.2 Å². The Labute approximate surface area is 170 Å². The number of piperazine rings is 1. The molecule has 1 N–H and O–H groups in total. The topological polar surface area (TPSA) is 61.4 Å². The van der Waals surface area contributed by atoms with Crippen LogP contribution in [-0.4, -0.2) is 58.5 Å². The van der Waals surface area contributed by atoms with E-state index in [1.54, 1.807) is 0 Å². The van der Waals surface area contributed by atoms with Crippen LogP contribution in [0, 0.1) is 5.92 Å². The average Bonchev–Trinajstić information content (AvgIpc) is 2.91. The van der Waals surface area contributed by atoms with Crippen molar-refractivity contribution >= 4 is 11.9 Å². The Morgan fingerprint density at radius 2 is 1.75 bits per heavy atom. The quantitative estimate of drug-likeness (QED) is 0.660. The summed E-state index contributed by atoms with van der Waals surface area (Å²) >= 11 is 0. The maximum atomic E-state index is 12.1. The van der Waals surface area contributed by atoms with Crippen LogP contribution in [0.4, 0.5) is 5.95 Å². The summed E-state index contributed by atoms with van der Waals surface area (Å²) < 4.78 is 0. The van der Waals surface area contributed by atoms with E-state index < -0.39 is 0 Å². The lowest BCUT2D eigenvalue weighted by Crippen LogP contribution is -2.56. The maximum absolute atomic E-state index is 12.1. The van der Waals surface area contributed by atoms with Gasteiger partial charge in [0.15, 0.2) is 0 Å². The van der Waals surface area contributed by atoms with Crippen LogP contribution in [0.15, 0.2) is 12.4 Å². The lowest BCUT2D eigenvalue weighted by Gasteiger charge is -2.42. The van der Waals surface area contributed by atoms with Crippen molar-refractivity contribution in [3.63, 3.8) is 0 Å². The number of nitrogens with one attached hydrogen (secondary N) is 1. The van der Waals surface area contributed by atoms with E-state index in [-0.39, 0.29) is 5.91 Å². The van der Waals surface area contributed by atoms with E-state index >= 15 is 0 Å². The number of unbranched alkanes of at least 4 members (excludes halogenated alkanes) is 1. The number of carbonyl (C=O) groups excluding carboxylic acids is 1. The van der Waals surface area contributed by atoms with Crippen molar-refractivity contribution in [2.75, 3.05) is 24.5 Å². The normalized spacial score (nSPS) is 22.3. The molecule has 0 spiro atoms. The molecule has 6 nitrogen and oxygen atoms in total. The van der Waals surface area contributed by atoms with Crippen LogP contribution >= 0.6 is 0 Å². The highest BCUT2D eigenvalue weighted by atomic mass is 16.1. The molecule has 1 aromatic heterocycles. The molecule has 6 heteroatoms. The van der Waals surface area contributed by atoms with Crippen molar-refractivity contribution in [2.24, 2.45) is 5.92 Å². The number of anilines is 1. The molecule has 0 radical (unpaired) electrons. The summed E-state index contributed by atoms with van der Waals surface area (Å²) in [5, 5.41) is 3.01. The third-order valence-corrected chi connectivity index (χ3v) is 6.06. The summed E-state index contributed by atoms with van der Waals surface area (Å²) in [4.78, 5) is 26.3. The maximum Gasteiger partial charge on any atom is 0.225 e. The second-order valence-electron chi connectivity index (χ2n) is 9.15. The van der Waals surface area contributed by atoms with Gasteiger partial charge in [-0.05, 0) is 44.6 Å². The third-order valence-electron chi connectivity index (χ3n) is 6.06. The Bertz CT molecular complexity index is 616. The second kappa shape index (κ2) is 9.68. The zero-order chi connectivity index (χ0) is 20.1. The van der Waals surface area contributed by atoms with E-state index in [0.717, 1.165) is 43.5 Å². The molecular formula is C22H37N5O. The van der Waals surface area contributed by atoms with Gasteiger partial charge in [-0.15, -0.1) is 0 Å². The van der Waals surface area contributed by atoms with Crippen molar-refractivity contribution in [2.45, 2.75) is 84.3 Å². The van der Waals surface area contributed by atoms with Crippen LogP contribution in [0.2, 0.25) is 0 Å². The first-order valence-electron chi connectivity index (χ1n) is 11.0. The predicted molar refractivity (Wildman–Crippen MR) is 113 cm³/mol. The Morgan fingerprint density at radius 1 is 1.11 bits per heavy atom. The summed E-state index contributed by atoms with van der Waals surface area (Å²) in [7, 11) is 0. The van der Waals surface area contributed by atoms with Crippen molar-refractivity contribution in [1.29, 1.82) is 0 Å². The van der Waals surface area contributed by atoms with Gasteiger partial charge >= 0.3 is 0 Å². The zero-order valence-electron chi connectivity index (χ0n) is 18.0. The smallest absolute Gasteiger partial charge is 0.225 e. The number of aromatic nitrogens is 2. The highest BCUT2D eigenvalue weighted by molar-refractivity contribution is 5.78. The van der Waals surface area contributed by atoms with Gasteiger partial charge in [0.1, 0.15) is 0 Å². The van der Waals surface area contributed by atoms with E-state index in [1.165, 1.54) is 25.7 Å². The Hall–Kier alpha value is -1.69. The molecule has 1 amide bonds. The number of fused-ring (bicyclic) bond motifs is 2. The average molecular weight is 388 g/mol. The fraction of sp³-hybridized carbons (Fsp3) is 0.773. The minimum atomic E-state index is 0.0616. The number of amides is 1. The number of carbonyl (C=O) groups is 1. The first-order valence-corrected chi connectivity index (χ1v) is 11.0. The molecule has 28 heavy (non-hydrogen) atoms. The van der Waals surface area contributed by atoms with Crippen LogP contribution in [0.3, 0.4) is 0 Å². The van der Waals surface area contributed by atoms with E-state index in [1.807, 2.05) is 12.4 Å². The SMILES string of the molecule is CC(C)CCCCNC(=O)Cc1cnc(N2C3CCC2CN(C(C)C)C3)nc1. The highest BCUT2D eigenvalue weighted by Gasteiger charge is 2.41. The predicted octanol–water partition coefficient (Wildman–Crippen LogP) is 3.02. The summed E-state index contributed by atoms with van der Waals surface area (Å²) in [6.07, 6.45) is 9.89. The molecule has 2 aliphatic heterocycles. The Morgan fingerprint density at radius 3 is 2.32 bits per heavy atom. The molecular weight excluding hydrogens is 350 g/mol. The van der Waals surface area contributed by atoms with E-state index in [0.29, 0.717) is 24.5 Å². The van der Waals surface area contributed by atoms with Crippen LogP contribution in [0.1, 0.15) is 65.4 Å². The minimum Gasteiger partial charge on any atom is -0.356 e. The number of hydrogen-bond donors (Lipinski definition) is 1. The number of rotatable bonds is 9. The molecule has 0 aromatic carbocycles. The van der Waals surface area contributed by atoms with Crippen molar-refractivity contribution < 1.29 is 4.79 Å². The van der Waals surface area contributed by atoms with E-state index in [2.05, 4.69) is 52.8 Å². The Kier molecular flexibility index (Phi) is 7.27. The van der Waals surface area contributed by atoms with E-state index in [4.69, 9.17) is 0 Å². The van der Waals surface area contributed by atoms with Crippen LogP contribution in [0.25, 0.3) is 0 Å². The van der Waals surface area contributed by atoms with Gasteiger partial charge < -0.3 is 10.2 Å². The van der Waals surface area contributed by atoms with Crippen molar-refractivity contribution in [3.8, 4) is 0 Å². The standard InChI is InChI=1S/C22H37N5O/c1-16(2)7-5-6-10-23-21(28)11-18-12-24-22(25-13-18)27-19-8-9-20(27)15-26(14-19)17(3)4/h12-13,16-17,19-20H,5-11,14-15H2,1-4H3,(H,23,28). The van der Waals surface area contributed by atoms with E-state index in [9.17, 15) is 4.79 Å². The highest BCUT2D eigenvalue weighted by Crippen LogP contribution is 2.33. The number of nitrogens with zero attached hydrogens (tertiary/aromatic N) is 4. The molecule has 2 aliphatic rings. The van der Waals surface area contributed by atoms with Crippen molar-refractivity contribution in [1.82, 2.24) is 20.2 Å². The summed E-state index contributed by atoms with van der Waals surface area (Å²) in [6.45, 7) is 12.0. The molecule has 3 heterocycles. The van der Waals surface area contributed by atoms with Crippen LogP contribution in [0.5, 0.6) is 0 Å². The molecule has 0 aliphatic carbocycles. The molecule has 1 aromatic rings. The molecule has 3 rings (SSSR count). The van der Waals surface area contributed by atoms with Gasteiger partial charge in [-0.2, -0.15) is 0 Å². The summed E-state index contributed by atoms with van der Waals surface area (Å²) in [6, 6.07) is 1.62. The third kappa shape index (κ3) is 5.43. The van der Waals surface area contributed by atoms with Gasteiger partial charge in [-0.1, -0.05) is 26.7 Å². The fourth-order valence-corrected chi connectivity index (χ4v) is 4.41. The molecule has 2 unspecified atom stereocenters. The zero-order valence-corrected chi connectivity index (χ0v) is 18.0. The summed E-state index contributed by atoms with van der Waals surface area (Å²) in [5.74, 6) is 1.62. The van der Waals surface area contributed by atoms with Gasteiger partial charge in [0.25, 0.3) is 0 Å². The lowest BCUT2D eigenvalue weighted by molar-refractivity contribution is -0.120. The first-order chi connectivity index (χ1) is 13.4. The van der Waals surface area contributed by atoms with Crippen LogP contribution < -0.4 is 10.2 Å². The van der Waals surface area contributed by atoms with Gasteiger partial charge in [-0.25, -0.2) is 9.97 Å². The van der Waals surface area contributed by atoms with Gasteiger partial charge in [-0.3, -0.25) is 9.69 Å². The number of likely N-dealkylation sites (tertiary alicyclic amines) is 1. The molecule has 2 saturated heterocycles.